The molecule has 0 aliphatic rings. The van der Waals surface area contributed by atoms with E-state index in [9.17, 15) is 34.2 Å². The van der Waals surface area contributed by atoms with Crippen LogP contribution in [-0.2, 0) is 30.4 Å². The summed E-state index contributed by atoms with van der Waals surface area (Å²) in [4.78, 5) is 68.9. The molecule has 1 aromatic carbocycles. The Morgan fingerprint density at radius 2 is 1.62 bits per heavy atom. The number of nitrogens with zero attached hydrogens (tertiary/aromatic N) is 1. The van der Waals surface area contributed by atoms with E-state index in [4.69, 9.17) is 22.9 Å². The molecule has 1 aromatic heterocycles. The van der Waals surface area contributed by atoms with Crippen LogP contribution in [0.25, 0.3) is 10.9 Å². The van der Waals surface area contributed by atoms with Gasteiger partial charge in [0.25, 0.3) is 0 Å². The molecule has 0 saturated carbocycles. The molecule has 5 unspecified atom stereocenters. The van der Waals surface area contributed by atoms with Gasteiger partial charge in [0.2, 0.25) is 23.6 Å². The second kappa shape index (κ2) is 15.9. The Bertz CT molecular complexity index is 1290. The molecule has 1 heterocycles. The van der Waals surface area contributed by atoms with Crippen molar-refractivity contribution in [1.82, 2.24) is 20.9 Å². The smallest absolute Gasteiger partial charge is 0.326 e. The Morgan fingerprint density at radius 3 is 2.24 bits per heavy atom. The highest BCUT2D eigenvalue weighted by atomic mass is 16.4. The van der Waals surface area contributed by atoms with Crippen LogP contribution in [0.1, 0.15) is 38.2 Å². The molecule has 2 rings (SSSR count). The van der Waals surface area contributed by atoms with Gasteiger partial charge in [-0.15, -0.1) is 0 Å². The number of rotatable bonds is 17. The van der Waals surface area contributed by atoms with Crippen molar-refractivity contribution in [2.24, 2.45) is 27.9 Å². The van der Waals surface area contributed by atoms with Crippen molar-refractivity contribution < 1.29 is 34.2 Å². The molecular weight excluding hydrogens is 550 g/mol. The van der Waals surface area contributed by atoms with Crippen molar-refractivity contribution in [3.63, 3.8) is 0 Å². The number of aliphatic carboxylic acids is 1. The van der Waals surface area contributed by atoms with E-state index in [0.717, 1.165) is 10.9 Å². The van der Waals surface area contributed by atoms with E-state index in [1.54, 1.807) is 12.3 Å². The van der Waals surface area contributed by atoms with Crippen molar-refractivity contribution >= 4 is 46.5 Å². The summed E-state index contributed by atoms with van der Waals surface area (Å²) in [5, 5.41) is 28.0. The first kappa shape index (κ1) is 33.5. The Labute approximate surface area is 241 Å². The van der Waals surface area contributed by atoms with Crippen molar-refractivity contribution in [2.45, 2.75) is 69.3 Å². The largest absolute Gasteiger partial charge is 0.480 e. The zero-order valence-electron chi connectivity index (χ0n) is 23.2. The number of aromatic amines is 1. The number of benzene rings is 1. The van der Waals surface area contributed by atoms with Crippen LogP contribution in [0.4, 0.5) is 0 Å². The lowest BCUT2D eigenvalue weighted by Gasteiger charge is -2.26. The molecule has 2 aromatic rings. The lowest BCUT2D eigenvalue weighted by atomic mass is 10.0. The van der Waals surface area contributed by atoms with Gasteiger partial charge in [-0.25, -0.2) is 4.79 Å². The molecule has 230 valence electrons. The molecule has 0 saturated heterocycles. The summed E-state index contributed by atoms with van der Waals surface area (Å²) in [6, 6.07) is 1.92. The lowest BCUT2D eigenvalue weighted by Crippen LogP contribution is -2.60. The minimum atomic E-state index is -1.52. The second-order valence-electron chi connectivity index (χ2n) is 9.81. The first-order valence-electron chi connectivity index (χ1n) is 13.3. The monoisotopic (exact) mass is 589 g/mol. The maximum Gasteiger partial charge on any atom is 0.326 e. The molecule has 0 fully saturated rings. The van der Waals surface area contributed by atoms with Crippen LogP contribution in [0.2, 0.25) is 0 Å². The van der Waals surface area contributed by atoms with E-state index in [-0.39, 0.29) is 44.6 Å². The minimum Gasteiger partial charge on any atom is -0.480 e. The number of hydrogen-bond acceptors (Lipinski definition) is 8. The van der Waals surface area contributed by atoms with Gasteiger partial charge in [0.1, 0.15) is 18.1 Å². The number of amides is 4. The van der Waals surface area contributed by atoms with Crippen molar-refractivity contribution in [1.29, 1.82) is 0 Å². The fraction of sp³-hybridized carbons (Fsp3) is 0.462. The number of primary amides is 1. The van der Waals surface area contributed by atoms with Gasteiger partial charge in [-0.3, -0.25) is 24.2 Å². The molecule has 0 aliphatic heterocycles. The third-order valence-corrected chi connectivity index (χ3v) is 6.39. The molecule has 4 amide bonds. The number of nitrogens with two attached hydrogens (primary N) is 4. The third-order valence-electron chi connectivity index (χ3n) is 6.39. The van der Waals surface area contributed by atoms with E-state index < -0.39 is 59.9 Å². The number of aliphatic imine (C=N–C) groups is 1. The summed E-state index contributed by atoms with van der Waals surface area (Å²) >= 11 is 0. The maximum atomic E-state index is 13.4. The number of fused-ring (bicyclic) bond motifs is 1. The van der Waals surface area contributed by atoms with Gasteiger partial charge in [-0.2, -0.15) is 0 Å². The summed E-state index contributed by atoms with van der Waals surface area (Å²) in [5.41, 5.74) is 22.9. The van der Waals surface area contributed by atoms with Crippen LogP contribution < -0.4 is 38.9 Å². The summed E-state index contributed by atoms with van der Waals surface area (Å²) in [6.45, 7) is 1.40. The number of para-hydroxylation sites is 1. The second-order valence-corrected chi connectivity index (χ2v) is 9.81. The number of aliphatic hydroxyl groups is 1. The van der Waals surface area contributed by atoms with Crippen LogP contribution in [0.3, 0.4) is 0 Å². The molecule has 16 heteroatoms. The number of carboxylic acids is 1. The highest BCUT2D eigenvalue weighted by molar-refractivity contribution is 5.95. The molecule has 16 nitrogen and oxygen atoms in total. The van der Waals surface area contributed by atoms with Crippen molar-refractivity contribution in [3.8, 4) is 0 Å². The van der Waals surface area contributed by atoms with Gasteiger partial charge < -0.3 is 54.1 Å². The number of H-pyrrole nitrogens is 1. The van der Waals surface area contributed by atoms with Gasteiger partial charge in [-0.1, -0.05) is 18.2 Å². The summed E-state index contributed by atoms with van der Waals surface area (Å²) < 4.78 is 0. The van der Waals surface area contributed by atoms with Crippen LogP contribution >= 0.6 is 0 Å². The number of carbonyl (C=O) groups excluding carboxylic acids is 4. The minimum absolute atomic E-state index is 0.00114. The normalized spacial score (nSPS) is 14.5. The van der Waals surface area contributed by atoms with Crippen LogP contribution in [0, 0.1) is 0 Å². The number of guanidine groups is 1. The third kappa shape index (κ3) is 10.4. The fourth-order valence-electron chi connectivity index (χ4n) is 4.12. The highest BCUT2D eigenvalue weighted by Gasteiger charge is 2.33. The number of nitrogens with one attached hydrogen (secondary N) is 4. The summed E-state index contributed by atoms with van der Waals surface area (Å²) in [6.07, 6.45) is 0.204. The van der Waals surface area contributed by atoms with Gasteiger partial charge >= 0.3 is 5.97 Å². The van der Waals surface area contributed by atoms with Crippen molar-refractivity contribution in [2.75, 3.05) is 6.54 Å². The summed E-state index contributed by atoms with van der Waals surface area (Å²) in [5.74, 6) is -4.66. The Kier molecular flexibility index (Phi) is 12.7. The molecular formula is C26H39N9O7. The first-order valence-corrected chi connectivity index (χ1v) is 13.3. The van der Waals surface area contributed by atoms with E-state index >= 15 is 0 Å². The number of carboxylic acid groups (broad SMARTS) is 1. The van der Waals surface area contributed by atoms with E-state index in [2.05, 4.69) is 25.9 Å². The number of aliphatic hydroxyl groups excluding tert-OH is 1. The van der Waals surface area contributed by atoms with Gasteiger partial charge in [-0.05, 0) is 37.8 Å². The zero-order valence-corrected chi connectivity index (χ0v) is 23.2. The Morgan fingerprint density at radius 1 is 0.952 bits per heavy atom. The average Bonchev–Trinajstić information content (AvgIpc) is 3.33. The van der Waals surface area contributed by atoms with E-state index in [1.807, 2.05) is 18.2 Å². The van der Waals surface area contributed by atoms with Crippen molar-refractivity contribution in [3.05, 3.63) is 36.0 Å². The zero-order chi connectivity index (χ0) is 31.4. The van der Waals surface area contributed by atoms with Gasteiger partial charge in [0, 0.05) is 36.5 Å². The van der Waals surface area contributed by atoms with Gasteiger partial charge in [0.15, 0.2) is 5.96 Å². The number of hydrogen-bond donors (Lipinski definition) is 10. The predicted molar refractivity (Wildman–Crippen MR) is 153 cm³/mol. The standard InChI is InChI=1S/C26H39N9O7/c1-13(36)21(35-22(38)16(27)8-9-20(28)37)24(40)34-19(11-14-12-32-17-6-3-2-5-15(14)17)23(39)33-18(25(41)42)7-4-10-31-26(29)30/h2-3,5-6,12-13,16,18-19,21,32,36H,4,7-11,27H2,1H3,(H2,28,37)(H,33,39)(H,34,40)(H,35,38)(H,41,42)(H4,29,30,31). The SMILES string of the molecule is CC(O)C(NC(=O)C(N)CCC(N)=O)C(=O)NC(Cc1c[nH]c2ccccc12)C(=O)NC(CCCN=C(N)N)C(=O)O. The molecule has 42 heavy (non-hydrogen) atoms. The number of aromatic nitrogens is 1. The fourth-order valence-corrected chi connectivity index (χ4v) is 4.12. The Hall–Kier alpha value is -4.70. The van der Waals surface area contributed by atoms with E-state index in [1.165, 1.54) is 6.92 Å². The molecule has 0 aliphatic carbocycles. The topological polar surface area (TPSA) is 294 Å². The predicted octanol–water partition coefficient (Wildman–Crippen LogP) is -2.72. The molecule has 0 radical (unpaired) electrons. The summed E-state index contributed by atoms with van der Waals surface area (Å²) in [7, 11) is 0. The van der Waals surface area contributed by atoms with E-state index in [0.29, 0.717) is 5.56 Å². The average molecular weight is 590 g/mol. The van der Waals surface area contributed by atoms with Crippen LogP contribution in [0.5, 0.6) is 0 Å². The molecule has 14 N–H and O–H groups in total. The lowest BCUT2D eigenvalue weighted by molar-refractivity contribution is -0.142. The number of carbonyl (C=O) groups is 5. The quantitative estimate of drug-likeness (QED) is 0.0516. The Balaban J connectivity index is 2.26. The van der Waals surface area contributed by atoms with Crippen LogP contribution in [0.15, 0.2) is 35.5 Å². The maximum absolute atomic E-state index is 13.4. The first-order chi connectivity index (χ1) is 19.8. The molecule has 0 spiro atoms. The highest BCUT2D eigenvalue weighted by Crippen LogP contribution is 2.19. The molecule has 5 atom stereocenters. The van der Waals surface area contributed by atoms with Gasteiger partial charge in [0.05, 0.1) is 12.1 Å². The molecule has 0 bridgehead atoms. The van der Waals surface area contributed by atoms with Crippen LogP contribution in [-0.4, -0.2) is 87.6 Å².